The minimum Gasteiger partial charge on any atom is -0.444 e. The number of nitrogens with zero attached hydrogens (tertiary/aromatic N) is 2. The highest BCUT2D eigenvalue weighted by molar-refractivity contribution is 7.89. The summed E-state index contributed by atoms with van der Waals surface area (Å²) in [5.41, 5.74) is 0.470. The van der Waals surface area contributed by atoms with E-state index in [1.807, 2.05) is 53.7 Å². The first-order chi connectivity index (χ1) is 12.9. The van der Waals surface area contributed by atoms with Crippen LogP contribution in [0.15, 0.2) is 29.2 Å². The molecular formula is C21H34N2O4S. The summed E-state index contributed by atoms with van der Waals surface area (Å²) in [5, 5.41) is 0. The van der Waals surface area contributed by atoms with E-state index in [-0.39, 0.29) is 18.1 Å². The van der Waals surface area contributed by atoms with Crippen molar-refractivity contribution >= 4 is 16.1 Å². The summed E-state index contributed by atoms with van der Waals surface area (Å²) in [6, 6.07) is 6.94. The summed E-state index contributed by atoms with van der Waals surface area (Å²) in [6.45, 7) is 12.8. The molecular weight excluding hydrogens is 376 g/mol. The summed E-state index contributed by atoms with van der Waals surface area (Å²) in [6.07, 6.45) is 1.34. The fourth-order valence-electron chi connectivity index (χ4n) is 3.35. The van der Waals surface area contributed by atoms with E-state index in [0.717, 1.165) is 18.4 Å². The highest BCUT2D eigenvalue weighted by Gasteiger charge is 2.33. The van der Waals surface area contributed by atoms with Gasteiger partial charge in [-0.3, -0.25) is 0 Å². The lowest BCUT2D eigenvalue weighted by Crippen LogP contribution is -2.48. The van der Waals surface area contributed by atoms with Crippen LogP contribution in [0.1, 0.15) is 53.0 Å². The molecule has 0 spiro atoms. The van der Waals surface area contributed by atoms with Gasteiger partial charge in [-0.1, -0.05) is 17.7 Å². The van der Waals surface area contributed by atoms with Crippen LogP contribution in [0.5, 0.6) is 0 Å². The van der Waals surface area contributed by atoms with Gasteiger partial charge in [0.05, 0.1) is 4.90 Å². The molecule has 1 fully saturated rings. The Morgan fingerprint density at radius 2 is 1.86 bits per heavy atom. The van der Waals surface area contributed by atoms with Crippen molar-refractivity contribution in [2.75, 3.05) is 19.6 Å². The van der Waals surface area contributed by atoms with Crippen LogP contribution in [0.25, 0.3) is 0 Å². The zero-order valence-electron chi connectivity index (χ0n) is 17.9. The van der Waals surface area contributed by atoms with Crippen LogP contribution < -0.4 is 0 Å². The van der Waals surface area contributed by atoms with E-state index < -0.39 is 15.6 Å². The Bertz CT molecular complexity index is 767. The zero-order valence-corrected chi connectivity index (χ0v) is 18.8. The molecule has 1 heterocycles. The number of carbonyl (C=O) groups excluding carboxylic acids is 1. The van der Waals surface area contributed by atoms with Crippen LogP contribution in [-0.4, -0.2) is 55.0 Å². The second-order valence-electron chi connectivity index (χ2n) is 8.91. The van der Waals surface area contributed by atoms with E-state index >= 15 is 0 Å². The molecule has 7 heteroatoms. The lowest BCUT2D eigenvalue weighted by molar-refractivity contribution is 0.0138. The number of ether oxygens (including phenoxy) is 1. The van der Waals surface area contributed by atoms with E-state index in [2.05, 4.69) is 0 Å². The normalized spacial score (nSPS) is 18.9. The van der Waals surface area contributed by atoms with Crippen LogP contribution in [0.4, 0.5) is 4.79 Å². The van der Waals surface area contributed by atoms with Gasteiger partial charge in [-0.25, -0.2) is 13.2 Å². The molecule has 2 rings (SSSR count). The van der Waals surface area contributed by atoms with Crippen LogP contribution in [0, 0.1) is 12.8 Å². The van der Waals surface area contributed by atoms with Gasteiger partial charge in [0.25, 0.3) is 0 Å². The van der Waals surface area contributed by atoms with Crippen molar-refractivity contribution in [2.45, 2.75) is 70.9 Å². The average Bonchev–Trinajstić information content (AvgIpc) is 2.58. The van der Waals surface area contributed by atoms with E-state index in [0.29, 0.717) is 24.5 Å². The fourth-order valence-corrected chi connectivity index (χ4v) is 4.90. The molecule has 1 aliphatic rings. The first-order valence-electron chi connectivity index (χ1n) is 9.96. The molecule has 0 aromatic heterocycles. The van der Waals surface area contributed by atoms with E-state index in [1.165, 1.54) is 0 Å². The van der Waals surface area contributed by atoms with Gasteiger partial charge in [0, 0.05) is 25.7 Å². The Morgan fingerprint density at radius 3 is 2.39 bits per heavy atom. The quantitative estimate of drug-likeness (QED) is 0.735. The van der Waals surface area contributed by atoms with Crippen molar-refractivity contribution in [1.29, 1.82) is 0 Å². The van der Waals surface area contributed by atoms with E-state index in [4.69, 9.17) is 4.74 Å². The van der Waals surface area contributed by atoms with Crippen molar-refractivity contribution in [2.24, 2.45) is 5.92 Å². The molecule has 1 unspecified atom stereocenters. The third-order valence-electron chi connectivity index (χ3n) is 4.85. The number of piperidine rings is 1. The minimum absolute atomic E-state index is 0.0149. The number of rotatable bonds is 5. The minimum atomic E-state index is -3.52. The highest BCUT2D eigenvalue weighted by atomic mass is 32.2. The molecule has 1 aromatic carbocycles. The second-order valence-corrected chi connectivity index (χ2v) is 10.8. The van der Waals surface area contributed by atoms with Gasteiger partial charge in [0.2, 0.25) is 10.0 Å². The predicted molar refractivity (Wildman–Crippen MR) is 111 cm³/mol. The molecule has 6 nitrogen and oxygen atoms in total. The zero-order chi connectivity index (χ0) is 21.1. The molecule has 0 N–H and O–H groups in total. The highest BCUT2D eigenvalue weighted by Crippen LogP contribution is 2.25. The average molecular weight is 411 g/mol. The Balaban J connectivity index is 2.11. The molecule has 1 amide bonds. The molecule has 0 saturated carbocycles. The summed E-state index contributed by atoms with van der Waals surface area (Å²) in [5.74, 6) is 0.0869. The van der Waals surface area contributed by atoms with Gasteiger partial charge in [0.15, 0.2) is 0 Å². The number of sulfonamides is 1. The molecule has 1 atom stereocenters. The number of hydrogen-bond acceptors (Lipinski definition) is 4. The Morgan fingerprint density at radius 1 is 1.25 bits per heavy atom. The van der Waals surface area contributed by atoms with Gasteiger partial charge in [-0.05, 0) is 72.4 Å². The van der Waals surface area contributed by atoms with Crippen LogP contribution in [0.2, 0.25) is 0 Å². The topological polar surface area (TPSA) is 66.9 Å². The summed E-state index contributed by atoms with van der Waals surface area (Å²) >= 11 is 0. The summed E-state index contributed by atoms with van der Waals surface area (Å²) < 4.78 is 33.1. The van der Waals surface area contributed by atoms with Crippen molar-refractivity contribution in [3.05, 3.63) is 29.8 Å². The lowest BCUT2D eigenvalue weighted by atomic mass is 9.98. The number of aryl methyl sites for hydroxylation is 1. The molecule has 0 aliphatic carbocycles. The maximum Gasteiger partial charge on any atom is 0.410 e. The molecule has 1 aliphatic heterocycles. The Kier molecular flexibility index (Phi) is 7.15. The molecule has 28 heavy (non-hydrogen) atoms. The maximum absolute atomic E-state index is 13.0. The SMILES string of the molecule is Cc1ccc(S(=O)(=O)N2CCCC(CN(C(=O)OC(C)(C)C)C(C)C)C2)cc1. The summed E-state index contributed by atoms with van der Waals surface area (Å²) in [7, 11) is -3.52. The van der Waals surface area contributed by atoms with Gasteiger partial charge < -0.3 is 9.64 Å². The molecule has 158 valence electrons. The van der Waals surface area contributed by atoms with Gasteiger partial charge >= 0.3 is 6.09 Å². The Hall–Kier alpha value is -1.60. The maximum atomic E-state index is 13.0. The van der Waals surface area contributed by atoms with E-state index in [9.17, 15) is 13.2 Å². The summed E-state index contributed by atoms with van der Waals surface area (Å²) in [4.78, 5) is 14.6. The van der Waals surface area contributed by atoms with Gasteiger partial charge in [0.1, 0.15) is 5.60 Å². The van der Waals surface area contributed by atoms with Crippen LogP contribution in [0.3, 0.4) is 0 Å². The van der Waals surface area contributed by atoms with Crippen LogP contribution >= 0.6 is 0 Å². The standard InChI is InChI=1S/C21H34N2O4S/c1-16(2)23(20(24)27-21(4,5)6)15-18-8-7-13-22(14-18)28(25,26)19-11-9-17(3)10-12-19/h9-12,16,18H,7-8,13-15H2,1-6H3. The largest absolute Gasteiger partial charge is 0.444 e. The molecule has 1 aromatic rings. The van der Waals surface area contributed by atoms with Crippen molar-refractivity contribution in [1.82, 2.24) is 9.21 Å². The second kappa shape index (κ2) is 8.82. The molecule has 0 bridgehead atoms. The van der Waals surface area contributed by atoms with Gasteiger partial charge in [-0.2, -0.15) is 4.31 Å². The molecule has 1 saturated heterocycles. The van der Waals surface area contributed by atoms with Crippen molar-refractivity contribution < 1.29 is 17.9 Å². The van der Waals surface area contributed by atoms with Crippen molar-refractivity contribution in [3.63, 3.8) is 0 Å². The fraction of sp³-hybridized carbons (Fsp3) is 0.667. The van der Waals surface area contributed by atoms with Gasteiger partial charge in [-0.15, -0.1) is 0 Å². The third-order valence-corrected chi connectivity index (χ3v) is 6.73. The third kappa shape index (κ3) is 5.95. The number of benzene rings is 1. The first-order valence-corrected chi connectivity index (χ1v) is 11.4. The number of hydrogen-bond donors (Lipinski definition) is 0. The predicted octanol–water partition coefficient (Wildman–Crippen LogP) is 4.04. The lowest BCUT2D eigenvalue weighted by Gasteiger charge is -2.37. The number of carbonyl (C=O) groups is 1. The Labute approximate surface area is 169 Å². The first kappa shape index (κ1) is 22.7. The number of amides is 1. The monoisotopic (exact) mass is 410 g/mol. The van der Waals surface area contributed by atoms with Crippen molar-refractivity contribution in [3.8, 4) is 0 Å². The van der Waals surface area contributed by atoms with Crippen LogP contribution in [-0.2, 0) is 14.8 Å². The van der Waals surface area contributed by atoms with E-state index in [1.54, 1.807) is 21.3 Å². The molecule has 0 radical (unpaired) electrons. The smallest absolute Gasteiger partial charge is 0.410 e.